The quantitative estimate of drug-likeness (QED) is 0.661. The minimum absolute atomic E-state index is 0.115. The van der Waals surface area contributed by atoms with Crippen LogP contribution in [0.3, 0.4) is 0 Å². The molecule has 0 spiro atoms. The van der Waals surface area contributed by atoms with E-state index in [2.05, 4.69) is 5.32 Å². The van der Waals surface area contributed by atoms with Gasteiger partial charge < -0.3 is 19.7 Å². The summed E-state index contributed by atoms with van der Waals surface area (Å²) in [6.45, 7) is 2.13. The fourth-order valence-corrected chi connectivity index (χ4v) is 2.86. The molecule has 1 aromatic heterocycles. The van der Waals surface area contributed by atoms with E-state index in [9.17, 15) is 14.7 Å². The lowest BCUT2D eigenvalue weighted by Crippen LogP contribution is -2.39. The number of para-hydroxylation sites is 1. The van der Waals surface area contributed by atoms with Crippen LogP contribution in [0.25, 0.3) is 0 Å². The second kappa shape index (κ2) is 8.90. The summed E-state index contributed by atoms with van der Waals surface area (Å²) in [5.74, 6) is 0.159. The SMILES string of the molecule is Cc1ccccc1C(=O)NCC(=O)N(Cc1ccco1)Cc1ccccc1O. The predicted octanol–water partition coefficient (Wildman–Crippen LogP) is 3.25. The number of hydrogen-bond donors (Lipinski definition) is 2. The third-order valence-electron chi connectivity index (χ3n) is 4.42. The predicted molar refractivity (Wildman–Crippen MR) is 105 cm³/mol. The zero-order chi connectivity index (χ0) is 19.9. The number of phenols is 1. The summed E-state index contributed by atoms with van der Waals surface area (Å²) in [5.41, 5.74) is 2.00. The minimum atomic E-state index is -0.299. The lowest BCUT2D eigenvalue weighted by Gasteiger charge is -2.22. The van der Waals surface area contributed by atoms with Crippen LogP contribution < -0.4 is 5.32 Å². The fourth-order valence-electron chi connectivity index (χ4n) is 2.86. The van der Waals surface area contributed by atoms with Crippen LogP contribution in [0, 0.1) is 6.92 Å². The van der Waals surface area contributed by atoms with Crippen molar-refractivity contribution in [3.63, 3.8) is 0 Å². The Morgan fingerprint density at radius 2 is 1.75 bits per heavy atom. The van der Waals surface area contributed by atoms with Crippen LogP contribution >= 0.6 is 0 Å². The number of aromatic hydroxyl groups is 1. The number of furan rings is 1. The van der Waals surface area contributed by atoms with Gasteiger partial charge in [0.25, 0.3) is 5.91 Å². The molecule has 3 rings (SSSR count). The summed E-state index contributed by atoms with van der Waals surface area (Å²) >= 11 is 0. The molecule has 0 radical (unpaired) electrons. The topological polar surface area (TPSA) is 82.8 Å². The van der Waals surface area contributed by atoms with Crippen LogP contribution in [-0.2, 0) is 17.9 Å². The Morgan fingerprint density at radius 1 is 1.00 bits per heavy atom. The van der Waals surface area contributed by atoms with Gasteiger partial charge in [-0.25, -0.2) is 0 Å². The largest absolute Gasteiger partial charge is 0.508 e. The van der Waals surface area contributed by atoms with Crippen LogP contribution in [0.5, 0.6) is 5.75 Å². The normalized spacial score (nSPS) is 10.5. The van der Waals surface area contributed by atoms with Gasteiger partial charge in [-0.15, -0.1) is 0 Å². The van der Waals surface area contributed by atoms with Gasteiger partial charge in [-0.3, -0.25) is 9.59 Å². The number of carbonyl (C=O) groups is 2. The zero-order valence-corrected chi connectivity index (χ0v) is 15.6. The van der Waals surface area contributed by atoms with E-state index in [0.717, 1.165) is 5.56 Å². The number of aryl methyl sites for hydroxylation is 1. The summed E-state index contributed by atoms with van der Waals surface area (Å²) < 4.78 is 5.35. The van der Waals surface area contributed by atoms with E-state index in [1.807, 2.05) is 19.1 Å². The third kappa shape index (κ3) is 4.79. The van der Waals surface area contributed by atoms with Crippen molar-refractivity contribution in [2.24, 2.45) is 0 Å². The van der Waals surface area contributed by atoms with Crippen LogP contribution in [0.2, 0.25) is 0 Å². The number of hydrogen-bond acceptors (Lipinski definition) is 4. The molecule has 0 aliphatic rings. The zero-order valence-electron chi connectivity index (χ0n) is 15.6. The van der Waals surface area contributed by atoms with Gasteiger partial charge in [0.15, 0.2) is 0 Å². The maximum atomic E-state index is 12.8. The summed E-state index contributed by atoms with van der Waals surface area (Å²) in [7, 11) is 0. The summed E-state index contributed by atoms with van der Waals surface area (Å²) in [6, 6.07) is 17.6. The fraction of sp³-hybridized carbons (Fsp3) is 0.182. The van der Waals surface area contributed by atoms with Gasteiger partial charge in [-0.05, 0) is 36.8 Å². The molecule has 2 amide bonds. The van der Waals surface area contributed by atoms with Gasteiger partial charge in [-0.2, -0.15) is 0 Å². The maximum absolute atomic E-state index is 12.8. The number of carbonyl (C=O) groups excluding carboxylic acids is 2. The van der Waals surface area contributed by atoms with E-state index >= 15 is 0 Å². The van der Waals surface area contributed by atoms with Crippen molar-refractivity contribution in [3.05, 3.63) is 89.4 Å². The van der Waals surface area contributed by atoms with E-state index in [4.69, 9.17) is 4.42 Å². The molecule has 0 fully saturated rings. The smallest absolute Gasteiger partial charge is 0.251 e. The summed E-state index contributed by atoms with van der Waals surface area (Å²) in [5, 5.41) is 12.7. The Hall–Kier alpha value is -3.54. The lowest BCUT2D eigenvalue weighted by molar-refractivity contribution is -0.131. The van der Waals surface area contributed by atoms with Crippen molar-refractivity contribution < 1.29 is 19.1 Å². The third-order valence-corrected chi connectivity index (χ3v) is 4.42. The Labute approximate surface area is 163 Å². The maximum Gasteiger partial charge on any atom is 0.251 e. The highest BCUT2D eigenvalue weighted by atomic mass is 16.3. The van der Waals surface area contributed by atoms with Crippen molar-refractivity contribution in [2.75, 3.05) is 6.54 Å². The first kappa shape index (κ1) is 19.2. The molecule has 2 aromatic carbocycles. The molecule has 0 atom stereocenters. The van der Waals surface area contributed by atoms with Crippen LogP contribution in [0.15, 0.2) is 71.3 Å². The molecule has 6 heteroatoms. The van der Waals surface area contributed by atoms with E-state index in [0.29, 0.717) is 16.9 Å². The standard InChI is InChI=1S/C22H22N2O4/c1-16-7-2-4-10-19(16)22(27)23-13-21(26)24(15-18-9-6-12-28-18)14-17-8-3-5-11-20(17)25/h2-12,25H,13-15H2,1H3,(H,23,27). The molecule has 0 aliphatic carbocycles. The Kier molecular flexibility index (Phi) is 6.11. The number of rotatable bonds is 7. The molecule has 1 heterocycles. The van der Waals surface area contributed by atoms with Crippen molar-refractivity contribution in [3.8, 4) is 5.75 Å². The summed E-state index contributed by atoms with van der Waals surface area (Å²) in [6.07, 6.45) is 1.54. The van der Waals surface area contributed by atoms with Crippen molar-refractivity contribution >= 4 is 11.8 Å². The first-order chi connectivity index (χ1) is 13.5. The Balaban J connectivity index is 1.70. The number of nitrogens with zero attached hydrogens (tertiary/aromatic N) is 1. The van der Waals surface area contributed by atoms with Gasteiger partial charge in [0.1, 0.15) is 11.5 Å². The first-order valence-electron chi connectivity index (χ1n) is 8.95. The highest BCUT2D eigenvalue weighted by molar-refractivity contribution is 5.97. The average molecular weight is 378 g/mol. The molecule has 2 N–H and O–H groups in total. The second-order valence-corrected chi connectivity index (χ2v) is 6.46. The van der Waals surface area contributed by atoms with Crippen molar-refractivity contribution in [1.82, 2.24) is 10.2 Å². The Morgan fingerprint density at radius 3 is 2.46 bits per heavy atom. The molecule has 0 aliphatic heterocycles. The highest BCUT2D eigenvalue weighted by Gasteiger charge is 2.19. The molecule has 0 saturated carbocycles. The van der Waals surface area contributed by atoms with Crippen molar-refractivity contribution in [1.29, 1.82) is 0 Å². The van der Waals surface area contributed by atoms with E-state index in [-0.39, 0.29) is 37.2 Å². The molecule has 0 saturated heterocycles. The van der Waals surface area contributed by atoms with Gasteiger partial charge in [0, 0.05) is 17.7 Å². The van der Waals surface area contributed by atoms with Crippen LogP contribution in [0.4, 0.5) is 0 Å². The molecule has 3 aromatic rings. The Bertz CT molecular complexity index is 951. The highest BCUT2D eigenvalue weighted by Crippen LogP contribution is 2.19. The van der Waals surface area contributed by atoms with E-state index < -0.39 is 0 Å². The monoisotopic (exact) mass is 378 g/mol. The van der Waals surface area contributed by atoms with Crippen LogP contribution in [0.1, 0.15) is 27.2 Å². The summed E-state index contributed by atoms with van der Waals surface area (Å²) in [4.78, 5) is 26.7. The molecule has 28 heavy (non-hydrogen) atoms. The molecule has 0 bridgehead atoms. The number of amides is 2. The van der Waals surface area contributed by atoms with Gasteiger partial charge in [0.05, 0.1) is 19.4 Å². The van der Waals surface area contributed by atoms with Crippen molar-refractivity contribution in [2.45, 2.75) is 20.0 Å². The van der Waals surface area contributed by atoms with Gasteiger partial charge in [-0.1, -0.05) is 36.4 Å². The van der Waals surface area contributed by atoms with E-state index in [1.165, 1.54) is 11.2 Å². The molecular formula is C22H22N2O4. The first-order valence-corrected chi connectivity index (χ1v) is 8.95. The number of phenolic OH excluding ortho intramolecular Hbond substituents is 1. The van der Waals surface area contributed by atoms with Gasteiger partial charge in [0.2, 0.25) is 5.91 Å². The molecule has 0 unspecified atom stereocenters. The second-order valence-electron chi connectivity index (χ2n) is 6.46. The number of nitrogens with one attached hydrogen (secondary N) is 1. The van der Waals surface area contributed by atoms with E-state index in [1.54, 1.807) is 48.5 Å². The van der Waals surface area contributed by atoms with Crippen LogP contribution in [-0.4, -0.2) is 28.4 Å². The minimum Gasteiger partial charge on any atom is -0.508 e. The molecule has 6 nitrogen and oxygen atoms in total. The number of benzene rings is 2. The van der Waals surface area contributed by atoms with Gasteiger partial charge >= 0.3 is 0 Å². The lowest BCUT2D eigenvalue weighted by atomic mass is 10.1. The molecular weight excluding hydrogens is 356 g/mol. The average Bonchev–Trinajstić information content (AvgIpc) is 3.20. The molecule has 144 valence electrons.